The summed E-state index contributed by atoms with van der Waals surface area (Å²) in [5, 5.41) is 2.64. The third-order valence-electron chi connectivity index (χ3n) is 5.15. The number of carbonyl (C=O) groups is 4. The van der Waals surface area contributed by atoms with Gasteiger partial charge in [0.25, 0.3) is 5.91 Å². The van der Waals surface area contributed by atoms with Crippen LogP contribution in [0.15, 0.2) is 42.5 Å². The number of ketones is 1. The molecular formula is C24H26N2O5. The molecule has 0 bridgehead atoms. The number of ether oxygens (including phenoxy) is 1. The second-order valence-electron chi connectivity index (χ2n) is 7.65. The van der Waals surface area contributed by atoms with Crippen LogP contribution in [0.1, 0.15) is 47.2 Å². The normalized spacial score (nSPS) is 13.2. The van der Waals surface area contributed by atoms with Crippen molar-refractivity contribution in [2.45, 2.75) is 39.5 Å². The predicted molar refractivity (Wildman–Crippen MR) is 117 cm³/mol. The molecule has 0 atom stereocenters. The first kappa shape index (κ1) is 22.2. The molecule has 0 unspecified atom stereocenters. The molecule has 0 saturated carbocycles. The average Bonchev–Trinajstić information content (AvgIpc) is 3.18. The highest BCUT2D eigenvalue weighted by molar-refractivity contribution is 5.99. The number of benzene rings is 2. The van der Waals surface area contributed by atoms with Crippen molar-refractivity contribution in [3.05, 3.63) is 59.2 Å². The fraction of sp³-hybridized carbons (Fsp3) is 0.333. The van der Waals surface area contributed by atoms with Gasteiger partial charge in [-0.25, -0.2) is 0 Å². The van der Waals surface area contributed by atoms with Crippen LogP contribution in [-0.4, -0.2) is 36.7 Å². The number of aryl methyl sites for hydroxylation is 2. The van der Waals surface area contributed by atoms with E-state index in [-0.39, 0.29) is 24.5 Å². The minimum Gasteiger partial charge on any atom is -0.456 e. The number of hydrogen-bond donors (Lipinski definition) is 1. The Bertz CT molecular complexity index is 998. The van der Waals surface area contributed by atoms with Gasteiger partial charge in [0.15, 0.2) is 12.4 Å². The summed E-state index contributed by atoms with van der Waals surface area (Å²) < 4.78 is 4.98. The molecule has 1 fully saturated rings. The Hall–Kier alpha value is -3.48. The first-order valence-corrected chi connectivity index (χ1v) is 10.3. The largest absolute Gasteiger partial charge is 0.456 e. The SMILES string of the molecule is Cc1ccc(C)c(C(=O)CCC(=O)OCC(=O)Nc2ccc(N3CCCC3=O)cc2)c1. The Morgan fingerprint density at radius 1 is 1.03 bits per heavy atom. The average molecular weight is 422 g/mol. The van der Waals surface area contributed by atoms with E-state index in [0.29, 0.717) is 24.2 Å². The van der Waals surface area contributed by atoms with Crippen molar-refractivity contribution in [1.29, 1.82) is 0 Å². The molecule has 3 rings (SSSR count). The van der Waals surface area contributed by atoms with Gasteiger partial charge in [-0.05, 0) is 56.2 Å². The molecule has 162 valence electrons. The highest BCUT2D eigenvalue weighted by atomic mass is 16.5. The van der Waals surface area contributed by atoms with Gasteiger partial charge in [-0.3, -0.25) is 19.2 Å². The molecule has 0 spiro atoms. The summed E-state index contributed by atoms with van der Waals surface area (Å²) in [4.78, 5) is 49.8. The summed E-state index contributed by atoms with van der Waals surface area (Å²) in [7, 11) is 0. The molecule has 0 aromatic heterocycles. The highest BCUT2D eigenvalue weighted by Gasteiger charge is 2.21. The third-order valence-corrected chi connectivity index (χ3v) is 5.15. The van der Waals surface area contributed by atoms with Gasteiger partial charge in [0.2, 0.25) is 5.91 Å². The zero-order chi connectivity index (χ0) is 22.4. The van der Waals surface area contributed by atoms with Gasteiger partial charge in [-0.15, -0.1) is 0 Å². The number of amides is 2. The number of Topliss-reactive ketones (excluding diaryl/α,β-unsaturated/α-hetero) is 1. The lowest BCUT2D eigenvalue weighted by Crippen LogP contribution is -2.24. The van der Waals surface area contributed by atoms with Gasteiger partial charge in [0.05, 0.1) is 6.42 Å². The minimum absolute atomic E-state index is 0.0292. The number of carbonyl (C=O) groups excluding carboxylic acids is 4. The molecule has 0 aliphatic carbocycles. The maximum Gasteiger partial charge on any atom is 0.306 e. The molecular weight excluding hydrogens is 396 g/mol. The zero-order valence-corrected chi connectivity index (χ0v) is 17.8. The summed E-state index contributed by atoms with van der Waals surface area (Å²) in [5.74, 6) is -1.10. The van der Waals surface area contributed by atoms with Crippen LogP contribution in [0.4, 0.5) is 11.4 Å². The molecule has 1 N–H and O–H groups in total. The van der Waals surface area contributed by atoms with Crippen LogP contribution < -0.4 is 10.2 Å². The Morgan fingerprint density at radius 3 is 2.45 bits per heavy atom. The van der Waals surface area contributed by atoms with Crippen LogP contribution in [0.5, 0.6) is 0 Å². The van der Waals surface area contributed by atoms with Gasteiger partial charge in [-0.1, -0.05) is 17.7 Å². The topological polar surface area (TPSA) is 92.8 Å². The zero-order valence-electron chi connectivity index (χ0n) is 17.8. The monoisotopic (exact) mass is 422 g/mol. The van der Waals surface area contributed by atoms with Crippen molar-refractivity contribution >= 4 is 34.9 Å². The number of anilines is 2. The first-order chi connectivity index (χ1) is 14.8. The highest BCUT2D eigenvalue weighted by Crippen LogP contribution is 2.23. The van der Waals surface area contributed by atoms with Crippen molar-refractivity contribution < 1.29 is 23.9 Å². The second kappa shape index (κ2) is 10.0. The van der Waals surface area contributed by atoms with E-state index in [9.17, 15) is 19.2 Å². The van der Waals surface area contributed by atoms with E-state index in [0.717, 1.165) is 23.2 Å². The molecule has 0 radical (unpaired) electrons. The van der Waals surface area contributed by atoms with Gasteiger partial charge >= 0.3 is 5.97 Å². The summed E-state index contributed by atoms with van der Waals surface area (Å²) >= 11 is 0. The molecule has 7 nitrogen and oxygen atoms in total. The van der Waals surface area contributed by atoms with Crippen molar-refractivity contribution in [1.82, 2.24) is 0 Å². The number of esters is 1. The molecule has 31 heavy (non-hydrogen) atoms. The Kier molecular flexibility index (Phi) is 7.18. The van der Waals surface area contributed by atoms with Gasteiger partial charge in [-0.2, -0.15) is 0 Å². The predicted octanol–water partition coefficient (Wildman–Crippen LogP) is 3.58. The molecule has 1 aliphatic rings. The minimum atomic E-state index is -0.600. The van der Waals surface area contributed by atoms with Crippen LogP contribution in [-0.2, 0) is 19.1 Å². The lowest BCUT2D eigenvalue weighted by molar-refractivity contribution is -0.147. The van der Waals surface area contributed by atoms with E-state index in [1.54, 1.807) is 35.2 Å². The summed E-state index contributed by atoms with van der Waals surface area (Å²) in [6.45, 7) is 4.03. The van der Waals surface area contributed by atoms with E-state index >= 15 is 0 Å². The van der Waals surface area contributed by atoms with Crippen molar-refractivity contribution in [2.24, 2.45) is 0 Å². The Morgan fingerprint density at radius 2 is 1.77 bits per heavy atom. The standard InChI is InChI=1S/C24H26N2O5/c1-16-5-6-17(2)20(14-16)21(27)11-12-24(30)31-15-22(28)25-18-7-9-19(10-8-18)26-13-3-4-23(26)29/h5-10,14H,3-4,11-13,15H2,1-2H3,(H,25,28). The van der Waals surface area contributed by atoms with E-state index in [1.165, 1.54) is 0 Å². The molecule has 7 heteroatoms. The van der Waals surface area contributed by atoms with Crippen molar-refractivity contribution in [3.63, 3.8) is 0 Å². The van der Waals surface area contributed by atoms with E-state index in [1.807, 2.05) is 26.0 Å². The first-order valence-electron chi connectivity index (χ1n) is 10.3. The molecule has 1 saturated heterocycles. The van der Waals surface area contributed by atoms with Crippen LogP contribution >= 0.6 is 0 Å². The van der Waals surface area contributed by atoms with E-state index < -0.39 is 18.5 Å². The quantitative estimate of drug-likeness (QED) is 0.519. The summed E-state index contributed by atoms with van der Waals surface area (Å²) in [6.07, 6.45) is 1.35. The molecule has 2 aromatic carbocycles. The maximum absolute atomic E-state index is 12.3. The van der Waals surface area contributed by atoms with Crippen LogP contribution in [0, 0.1) is 13.8 Å². The molecule has 2 aromatic rings. The summed E-state index contributed by atoms with van der Waals surface area (Å²) in [5.41, 5.74) is 3.78. The lowest BCUT2D eigenvalue weighted by Gasteiger charge is -2.16. The maximum atomic E-state index is 12.3. The Labute approximate surface area is 181 Å². The third kappa shape index (κ3) is 6.01. The smallest absolute Gasteiger partial charge is 0.306 e. The lowest BCUT2D eigenvalue weighted by atomic mass is 9.99. The number of nitrogens with zero attached hydrogens (tertiary/aromatic N) is 1. The van der Waals surface area contributed by atoms with Gasteiger partial charge < -0.3 is 15.0 Å². The van der Waals surface area contributed by atoms with Crippen molar-refractivity contribution in [3.8, 4) is 0 Å². The second-order valence-corrected chi connectivity index (χ2v) is 7.65. The summed E-state index contributed by atoms with van der Waals surface area (Å²) in [6, 6.07) is 12.5. The fourth-order valence-electron chi connectivity index (χ4n) is 3.45. The van der Waals surface area contributed by atoms with Crippen molar-refractivity contribution in [2.75, 3.05) is 23.4 Å². The molecule has 1 aliphatic heterocycles. The number of rotatable bonds is 8. The van der Waals surface area contributed by atoms with E-state index in [2.05, 4.69) is 5.32 Å². The molecule has 2 amide bonds. The number of hydrogen-bond acceptors (Lipinski definition) is 5. The Balaban J connectivity index is 1.42. The van der Waals surface area contributed by atoms with Gasteiger partial charge in [0.1, 0.15) is 0 Å². The fourth-order valence-corrected chi connectivity index (χ4v) is 3.45. The van der Waals surface area contributed by atoms with Crippen LogP contribution in [0.25, 0.3) is 0 Å². The molecule has 1 heterocycles. The van der Waals surface area contributed by atoms with Crippen LogP contribution in [0.3, 0.4) is 0 Å². The number of nitrogens with one attached hydrogen (secondary N) is 1. The van der Waals surface area contributed by atoms with Crippen LogP contribution in [0.2, 0.25) is 0 Å². The van der Waals surface area contributed by atoms with E-state index in [4.69, 9.17) is 4.74 Å². The van der Waals surface area contributed by atoms with Gasteiger partial charge in [0, 0.05) is 36.3 Å².